The average molecular weight is 434 g/mol. The number of hydrogen-bond donors (Lipinski definition) is 1. The lowest BCUT2D eigenvalue weighted by atomic mass is 10.1. The zero-order valence-corrected chi connectivity index (χ0v) is 18.4. The van der Waals surface area contributed by atoms with E-state index in [-0.39, 0.29) is 24.3 Å². The van der Waals surface area contributed by atoms with Gasteiger partial charge in [0.05, 0.1) is 17.5 Å². The Morgan fingerprint density at radius 1 is 1.07 bits per heavy atom. The fourth-order valence-corrected chi connectivity index (χ4v) is 5.31. The van der Waals surface area contributed by atoms with Crippen molar-refractivity contribution in [3.8, 4) is 0 Å². The van der Waals surface area contributed by atoms with Gasteiger partial charge in [-0.3, -0.25) is 9.69 Å². The van der Waals surface area contributed by atoms with Crippen LogP contribution in [-0.4, -0.2) is 56.3 Å². The van der Waals surface area contributed by atoms with Gasteiger partial charge in [-0.1, -0.05) is 29.8 Å². The Labute approximate surface area is 177 Å². The Bertz CT molecular complexity index is 1000. The summed E-state index contributed by atoms with van der Waals surface area (Å²) in [5.74, 6) is -0.455. The van der Waals surface area contributed by atoms with Crippen LogP contribution in [0.4, 0.5) is 4.39 Å². The molecule has 0 bridgehead atoms. The van der Waals surface area contributed by atoms with Crippen LogP contribution in [0.2, 0.25) is 0 Å². The van der Waals surface area contributed by atoms with E-state index in [0.717, 1.165) is 16.7 Å². The van der Waals surface area contributed by atoms with Gasteiger partial charge in [-0.15, -0.1) is 0 Å². The zero-order valence-electron chi connectivity index (χ0n) is 17.6. The number of nitrogens with zero attached hydrogens (tertiary/aromatic N) is 2. The third kappa shape index (κ3) is 5.24. The molecule has 0 spiro atoms. The van der Waals surface area contributed by atoms with E-state index in [1.807, 2.05) is 37.8 Å². The number of aryl methyl sites for hydroxylation is 2. The lowest BCUT2D eigenvalue weighted by Crippen LogP contribution is -2.51. The zero-order chi connectivity index (χ0) is 21.9. The van der Waals surface area contributed by atoms with E-state index < -0.39 is 10.0 Å². The molecular formula is C22H28FN3O3S. The molecular weight excluding hydrogens is 405 g/mol. The van der Waals surface area contributed by atoms with Gasteiger partial charge >= 0.3 is 0 Å². The number of hydrogen-bond acceptors (Lipinski definition) is 4. The summed E-state index contributed by atoms with van der Waals surface area (Å²) in [5, 5.41) is 2.91. The van der Waals surface area contributed by atoms with E-state index in [0.29, 0.717) is 31.1 Å². The normalized spacial score (nSPS) is 16.9. The molecule has 1 aliphatic heterocycles. The van der Waals surface area contributed by atoms with Gasteiger partial charge in [-0.05, 0) is 50.1 Å². The van der Waals surface area contributed by atoms with E-state index >= 15 is 0 Å². The fraction of sp³-hybridized carbons (Fsp3) is 0.409. The van der Waals surface area contributed by atoms with Crippen LogP contribution in [-0.2, 0) is 14.8 Å². The molecule has 30 heavy (non-hydrogen) atoms. The summed E-state index contributed by atoms with van der Waals surface area (Å²) in [7, 11) is -3.54. The number of piperazine rings is 1. The van der Waals surface area contributed by atoms with Crippen LogP contribution in [0, 0.1) is 19.7 Å². The first-order chi connectivity index (χ1) is 14.2. The summed E-state index contributed by atoms with van der Waals surface area (Å²) >= 11 is 0. The molecule has 162 valence electrons. The van der Waals surface area contributed by atoms with Crippen molar-refractivity contribution < 1.29 is 17.6 Å². The minimum Gasteiger partial charge on any atom is -0.348 e. The third-order valence-electron chi connectivity index (χ3n) is 5.39. The maximum Gasteiger partial charge on any atom is 0.243 e. The van der Waals surface area contributed by atoms with Crippen molar-refractivity contribution in [3.63, 3.8) is 0 Å². The van der Waals surface area contributed by atoms with Crippen LogP contribution >= 0.6 is 0 Å². The largest absolute Gasteiger partial charge is 0.348 e. The minimum atomic E-state index is -3.54. The molecule has 1 heterocycles. The number of amides is 1. The van der Waals surface area contributed by atoms with Gasteiger partial charge in [0.2, 0.25) is 15.9 Å². The average Bonchev–Trinajstić information content (AvgIpc) is 2.68. The van der Waals surface area contributed by atoms with Crippen molar-refractivity contribution >= 4 is 15.9 Å². The molecule has 1 aliphatic rings. The Kier molecular flexibility index (Phi) is 6.90. The second-order valence-corrected chi connectivity index (χ2v) is 9.70. The quantitative estimate of drug-likeness (QED) is 0.760. The van der Waals surface area contributed by atoms with Crippen LogP contribution in [0.3, 0.4) is 0 Å². The fourth-order valence-electron chi connectivity index (χ4n) is 3.68. The monoisotopic (exact) mass is 433 g/mol. The van der Waals surface area contributed by atoms with Gasteiger partial charge in [0.15, 0.2) is 0 Å². The van der Waals surface area contributed by atoms with Gasteiger partial charge in [0, 0.05) is 26.2 Å². The molecule has 1 N–H and O–H groups in total. The summed E-state index contributed by atoms with van der Waals surface area (Å²) in [6, 6.07) is 11.1. The van der Waals surface area contributed by atoms with Crippen molar-refractivity contribution in [3.05, 3.63) is 65.0 Å². The lowest BCUT2D eigenvalue weighted by molar-refractivity contribution is -0.123. The number of halogens is 1. The second kappa shape index (κ2) is 9.24. The lowest BCUT2D eigenvalue weighted by Gasteiger charge is -2.34. The molecule has 1 atom stereocenters. The van der Waals surface area contributed by atoms with E-state index in [1.54, 1.807) is 18.2 Å². The van der Waals surface area contributed by atoms with Crippen LogP contribution in [0.25, 0.3) is 0 Å². The number of benzene rings is 2. The van der Waals surface area contributed by atoms with Crippen molar-refractivity contribution in [1.29, 1.82) is 0 Å². The first-order valence-corrected chi connectivity index (χ1v) is 11.5. The molecule has 1 saturated heterocycles. The highest BCUT2D eigenvalue weighted by molar-refractivity contribution is 7.89. The summed E-state index contributed by atoms with van der Waals surface area (Å²) in [5.41, 5.74) is 2.60. The van der Waals surface area contributed by atoms with Gasteiger partial charge in [0.1, 0.15) is 5.82 Å². The Morgan fingerprint density at radius 2 is 1.70 bits per heavy atom. The van der Waals surface area contributed by atoms with Crippen molar-refractivity contribution in [2.24, 2.45) is 0 Å². The van der Waals surface area contributed by atoms with E-state index in [9.17, 15) is 17.6 Å². The summed E-state index contributed by atoms with van der Waals surface area (Å²) < 4.78 is 40.5. The van der Waals surface area contributed by atoms with Gasteiger partial charge in [-0.2, -0.15) is 4.31 Å². The Morgan fingerprint density at radius 3 is 2.30 bits per heavy atom. The van der Waals surface area contributed by atoms with Crippen molar-refractivity contribution in [2.45, 2.75) is 31.7 Å². The van der Waals surface area contributed by atoms with E-state index in [1.165, 1.54) is 16.4 Å². The second-order valence-electron chi connectivity index (χ2n) is 7.79. The Balaban J connectivity index is 1.53. The summed E-state index contributed by atoms with van der Waals surface area (Å²) in [6.45, 7) is 7.45. The molecule has 0 radical (unpaired) electrons. The van der Waals surface area contributed by atoms with Crippen LogP contribution < -0.4 is 5.32 Å². The smallest absolute Gasteiger partial charge is 0.243 e. The molecule has 6 nitrogen and oxygen atoms in total. The maximum absolute atomic E-state index is 13.0. The molecule has 2 aromatic carbocycles. The van der Waals surface area contributed by atoms with Crippen LogP contribution in [0.15, 0.2) is 47.4 Å². The van der Waals surface area contributed by atoms with E-state index in [4.69, 9.17) is 0 Å². The molecule has 2 aromatic rings. The van der Waals surface area contributed by atoms with Crippen molar-refractivity contribution in [2.75, 3.05) is 32.7 Å². The number of carbonyl (C=O) groups is 1. The third-order valence-corrected chi connectivity index (χ3v) is 7.45. The molecule has 8 heteroatoms. The highest BCUT2D eigenvalue weighted by Crippen LogP contribution is 2.22. The highest BCUT2D eigenvalue weighted by atomic mass is 32.2. The predicted octanol–water partition coefficient (Wildman–Crippen LogP) is 2.63. The Hall–Kier alpha value is -2.29. The number of rotatable bonds is 6. The van der Waals surface area contributed by atoms with E-state index in [2.05, 4.69) is 5.32 Å². The predicted molar refractivity (Wildman–Crippen MR) is 114 cm³/mol. The molecule has 3 rings (SSSR count). The molecule has 0 aliphatic carbocycles. The first-order valence-electron chi connectivity index (χ1n) is 10.0. The SMILES string of the molecule is Cc1ccc(S(=O)(=O)N2CCN(CC(=O)NC(C)c3ccc(F)cc3)CC2)c(C)c1. The first kappa shape index (κ1) is 22.4. The molecule has 1 amide bonds. The molecule has 1 fully saturated rings. The molecule has 0 saturated carbocycles. The number of nitrogens with one attached hydrogen (secondary N) is 1. The molecule has 0 aromatic heterocycles. The van der Waals surface area contributed by atoms with Crippen LogP contribution in [0.1, 0.15) is 29.7 Å². The maximum atomic E-state index is 13.0. The number of carbonyl (C=O) groups excluding carboxylic acids is 1. The van der Waals surface area contributed by atoms with Gasteiger partial charge < -0.3 is 5.32 Å². The van der Waals surface area contributed by atoms with Gasteiger partial charge in [-0.25, -0.2) is 12.8 Å². The minimum absolute atomic E-state index is 0.141. The topological polar surface area (TPSA) is 69.7 Å². The van der Waals surface area contributed by atoms with Gasteiger partial charge in [0.25, 0.3) is 0 Å². The molecule has 1 unspecified atom stereocenters. The highest BCUT2D eigenvalue weighted by Gasteiger charge is 2.30. The standard InChI is InChI=1S/C22H28FN3O3S/c1-16-4-9-21(17(2)14-16)30(28,29)26-12-10-25(11-13-26)15-22(27)24-18(3)19-5-7-20(23)8-6-19/h4-9,14,18H,10-13,15H2,1-3H3,(H,24,27). The summed E-state index contributed by atoms with van der Waals surface area (Å²) in [6.07, 6.45) is 0. The van der Waals surface area contributed by atoms with Crippen LogP contribution in [0.5, 0.6) is 0 Å². The van der Waals surface area contributed by atoms with Crippen molar-refractivity contribution in [1.82, 2.24) is 14.5 Å². The number of sulfonamides is 1. The summed E-state index contributed by atoms with van der Waals surface area (Å²) in [4.78, 5) is 14.7.